The number of carboxylic acid groups (broad SMARTS) is 1. The molecule has 1 saturated heterocycles. The van der Waals surface area contributed by atoms with Crippen LogP contribution in [0.1, 0.15) is 59.3 Å². The molecule has 2 fully saturated rings. The van der Waals surface area contributed by atoms with E-state index < -0.39 is 12.3 Å². The van der Waals surface area contributed by atoms with Gasteiger partial charge in [-0.05, 0) is 61.9 Å². The summed E-state index contributed by atoms with van der Waals surface area (Å²) >= 11 is 0. The number of rotatable bonds is 6. The summed E-state index contributed by atoms with van der Waals surface area (Å²) in [6.07, 6.45) is 1.96. The van der Waals surface area contributed by atoms with Crippen molar-refractivity contribution in [3.05, 3.63) is 82.9 Å². The Morgan fingerprint density at radius 3 is 2.67 bits per heavy atom. The Hall–Kier alpha value is -3.85. The van der Waals surface area contributed by atoms with Crippen molar-refractivity contribution in [3.63, 3.8) is 0 Å². The van der Waals surface area contributed by atoms with Gasteiger partial charge in [0.1, 0.15) is 12.0 Å². The lowest BCUT2D eigenvalue weighted by Crippen LogP contribution is -2.43. The normalized spacial score (nSPS) is 23.1. The first-order chi connectivity index (χ1) is 18.9. The maximum Gasteiger partial charge on any atom is 0.407 e. The molecule has 1 aliphatic carbocycles. The molecule has 2 unspecified atom stereocenters. The molecule has 6 rings (SSSR count). The molecule has 1 saturated carbocycles. The third kappa shape index (κ3) is 5.11. The average molecular weight is 530 g/mol. The highest BCUT2D eigenvalue weighted by atomic mass is 19.1. The molecule has 4 aromatic rings. The third-order valence-corrected chi connectivity index (χ3v) is 8.07. The number of hydrogen-bond acceptors (Lipinski definition) is 5. The zero-order valence-corrected chi connectivity index (χ0v) is 22.1. The Morgan fingerprint density at radius 1 is 1.13 bits per heavy atom. The van der Waals surface area contributed by atoms with Crippen LogP contribution in [0, 0.1) is 13.8 Å². The summed E-state index contributed by atoms with van der Waals surface area (Å²) in [6.45, 7) is 4.69. The highest BCUT2D eigenvalue weighted by Gasteiger charge is 2.34. The van der Waals surface area contributed by atoms with Crippen LogP contribution < -0.4 is 0 Å². The molecular weight excluding hydrogens is 497 g/mol. The van der Waals surface area contributed by atoms with E-state index >= 15 is 4.39 Å². The number of fused-ring (bicyclic) bond motifs is 1. The molecule has 0 bridgehead atoms. The summed E-state index contributed by atoms with van der Waals surface area (Å²) in [5.74, 6) is 1.31. The highest BCUT2D eigenvalue weighted by molar-refractivity contribution is 5.82. The molecule has 202 valence electrons. The summed E-state index contributed by atoms with van der Waals surface area (Å²) in [7, 11) is 0. The zero-order valence-electron chi connectivity index (χ0n) is 22.1. The molecule has 3 heterocycles. The monoisotopic (exact) mass is 529 g/mol. The minimum absolute atomic E-state index is 0.108. The van der Waals surface area contributed by atoms with Gasteiger partial charge in [0.2, 0.25) is 0 Å². The van der Waals surface area contributed by atoms with Gasteiger partial charge in [0.25, 0.3) is 0 Å². The van der Waals surface area contributed by atoms with Crippen LogP contribution in [-0.4, -0.2) is 61.2 Å². The molecule has 8 nitrogen and oxygen atoms in total. The lowest BCUT2D eigenvalue weighted by atomic mass is 9.80. The van der Waals surface area contributed by atoms with Gasteiger partial charge < -0.3 is 14.7 Å². The van der Waals surface area contributed by atoms with Crippen LogP contribution in [0.5, 0.6) is 0 Å². The first-order valence-corrected chi connectivity index (χ1v) is 13.5. The van der Waals surface area contributed by atoms with E-state index in [0.717, 1.165) is 45.5 Å². The fourth-order valence-corrected chi connectivity index (χ4v) is 5.84. The van der Waals surface area contributed by atoms with Crippen molar-refractivity contribution in [2.24, 2.45) is 0 Å². The SMILES string of the molecule is Cc1nc(-n2ncc3cc(C)c(C4CCN(C(=O)O)CC4F)cc32)cc([C@H]2C[C@@H](OCc3ccccc3)C2)n1. The fraction of sp³-hybridized carbons (Fsp3) is 0.400. The van der Waals surface area contributed by atoms with Gasteiger partial charge in [0.05, 0.1) is 31.0 Å². The first kappa shape index (κ1) is 25.4. The minimum Gasteiger partial charge on any atom is -0.465 e. The number of hydrogen-bond donors (Lipinski definition) is 1. The standard InChI is InChI=1S/C30H32FN5O3/c1-18-10-22-15-32-36(28(22)13-25(18)24-8-9-35(30(37)38)16-26(24)31)29-14-27(33-19(2)34-29)21-11-23(12-21)39-17-20-6-4-3-5-7-20/h3-7,10,13-15,21,23-24,26H,8-9,11-12,16-17H2,1-2H3,(H,37,38)/t21-,23+,24?,26?. The fourth-order valence-electron chi connectivity index (χ4n) is 5.84. The average Bonchev–Trinajstić information content (AvgIpc) is 3.30. The van der Waals surface area contributed by atoms with Crippen molar-refractivity contribution in [1.29, 1.82) is 0 Å². The van der Waals surface area contributed by atoms with Crippen molar-refractivity contribution >= 4 is 17.0 Å². The van der Waals surface area contributed by atoms with E-state index in [1.54, 1.807) is 10.9 Å². The Kier molecular flexibility index (Phi) is 6.76. The van der Waals surface area contributed by atoms with Gasteiger partial charge in [-0.1, -0.05) is 30.3 Å². The lowest BCUT2D eigenvalue weighted by Gasteiger charge is -2.35. The second-order valence-corrected chi connectivity index (χ2v) is 10.7. The van der Waals surface area contributed by atoms with E-state index in [2.05, 4.69) is 22.2 Å². The molecule has 1 aliphatic heterocycles. The maximum absolute atomic E-state index is 15.1. The molecule has 39 heavy (non-hydrogen) atoms. The molecule has 1 amide bonds. The van der Waals surface area contributed by atoms with E-state index in [-0.39, 0.29) is 18.6 Å². The summed E-state index contributed by atoms with van der Waals surface area (Å²) in [4.78, 5) is 21.9. The summed E-state index contributed by atoms with van der Waals surface area (Å²) in [5, 5.41) is 14.8. The molecule has 1 N–H and O–H groups in total. The lowest BCUT2D eigenvalue weighted by molar-refractivity contribution is -0.0215. The maximum atomic E-state index is 15.1. The number of halogens is 1. The van der Waals surface area contributed by atoms with Crippen molar-refractivity contribution in [2.45, 2.75) is 63.8 Å². The number of aryl methyl sites for hydroxylation is 2. The number of amides is 1. The predicted molar refractivity (Wildman–Crippen MR) is 145 cm³/mol. The quantitative estimate of drug-likeness (QED) is 0.344. The summed E-state index contributed by atoms with van der Waals surface area (Å²) < 4.78 is 23.0. The molecule has 0 spiro atoms. The Labute approximate surface area is 226 Å². The van der Waals surface area contributed by atoms with Crippen LogP contribution in [0.25, 0.3) is 16.7 Å². The number of piperidine rings is 1. The number of alkyl halides is 1. The van der Waals surface area contributed by atoms with Gasteiger partial charge in [-0.25, -0.2) is 23.8 Å². The minimum atomic E-state index is -1.26. The number of nitrogens with zero attached hydrogens (tertiary/aromatic N) is 5. The van der Waals surface area contributed by atoms with E-state index in [9.17, 15) is 9.90 Å². The topological polar surface area (TPSA) is 93.4 Å². The number of benzene rings is 2. The number of ether oxygens (including phenoxy) is 1. The molecular formula is C30H32FN5O3. The van der Waals surface area contributed by atoms with Crippen LogP contribution in [0.15, 0.2) is 54.7 Å². The van der Waals surface area contributed by atoms with Crippen LogP contribution in [0.2, 0.25) is 0 Å². The third-order valence-electron chi connectivity index (χ3n) is 8.07. The van der Waals surface area contributed by atoms with Crippen LogP contribution >= 0.6 is 0 Å². The summed E-state index contributed by atoms with van der Waals surface area (Å²) in [5.41, 5.74) is 4.88. The van der Waals surface area contributed by atoms with Gasteiger partial charge in [0.15, 0.2) is 5.82 Å². The predicted octanol–water partition coefficient (Wildman–Crippen LogP) is 5.70. The Balaban J connectivity index is 1.22. The van der Waals surface area contributed by atoms with Gasteiger partial charge in [0, 0.05) is 35.5 Å². The van der Waals surface area contributed by atoms with Crippen molar-refractivity contribution < 1.29 is 19.0 Å². The molecule has 2 atom stereocenters. The zero-order chi connectivity index (χ0) is 27.1. The van der Waals surface area contributed by atoms with Gasteiger partial charge in [-0.3, -0.25) is 0 Å². The highest BCUT2D eigenvalue weighted by Crippen LogP contribution is 2.39. The van der Waals surface area contributed by atoms with E-state index in [1.165, 1.54) is 5.56 Å². The van der Waals surface area contributed by atoms with Crippen molar-refractivity contribution in [3.8, 4) is 5.82 Å². The van der Waals surface area contributed by atoms with Crippen LogP contribution in [0.4, 0.5) is 9.18 Å². The molecule has 9 heteroatoms. The molecule has 2 aliphatic rings. The van der Waals surface area contributed by atoms with E-state index in [4.69, 9.17) is 9.72 Å². The van der Waals surface area contributed by atoms with Gasteiger partial charge in [-0.15, -0.1) is 0 Å². The number of likely N-dealkylation sites (tertiary alicyclic amines) is 1. The van der Waals surface area contributed by atoms with Crippen LogP contribution in [-0.2, 0) is 11.3 Å². The van der Waals surface area contributed by atoms with Gasteiger partial charge >= 0.3 is 6.09 Å². The van der Waals surface area contributed by atoms with E-state index in [1.807, 2.05) is 50.2 Å². The van der Waals surface area contributed by atoms with E-state index in [0.29, 0.717) is 37.1 Å². The Morgan fingerprint density at radius 2 is 1.92 bits per heavy atom. The van der Waals surface area contributed by atoms with Crippen molar-refractivity contribution in [1.82, 2.24) is 24.6 Å². The second kappa shape index (κ2) is 10.4. The molecule has 2 aromatic carbocycles. The van der Waals surface area contributed by atoms with Crippen LogP contribution in [0.3, 0.4) is 0 Å². The van der Waals surface area contributed by atoms with Crippen molar-refractivity contribution in [2.75, 3.05) is 13.1 Å². The summed E-state index contributed by atoms with van der Waals surface area (Å²) in [6, 6.07) is 16.2. The molecule has 0 radical (unpaired) electrons. The Bertz CT molecular complexity index is 1500. The largest absolute Gasteiger partial charge is 0.465 e. The van der Waals surface area contributed by atoms with Gasteiger partial charge in [-0.2, -0.15) is 5.10 Å². The molecule has 2 aromatic heterocycles. The first-order valence-electron chi connectivity index (χ1n) is 13.5. The number of aromatic nitrogens is 4. The smallest absolute Gasteiger partial charge is 0.407 e. The second-order valence-electron chi connectivity index (χ2n) is 10.7. The number of carbonyl (C=O) groups is 1.